The fourth-order valence-corrected chi connectivity index (χ4v) is 3.32. The highest BCUT2D eigenvalue weighted by Gasteiger charge is 2.21. The molecule has 1 amide bonds. The molecule has 0 saturated carbocycles. The van der Waals surface area contributed by atoms with Crippen LogP contribution in [-0.4, -0.2) is 20.1 Å². The SMILES string of the molecule is CCCCc1c(C(=O)Nc2ccc(CNC)cc2)c(=O)oc2cc(OC)ccc12. The lowest BCUT2D eigenvalue weighted by Gasteiger charge is -2.12. The van der Waals surface area contributed by atoms with Crippen molar-refractivity contribution in [2.75, 3.05) is 19.5 Å². The third kappa shape index (κ3) is 4.66. The minimum absolute atomic E-state index is 0.0652. The van der Waals surface area contributed by atoms with E-state index >= 15 is 0 Å². The van der Waals surface area contributed by atoms with Crippen LogP contribution in [-0.2, 0) is 13.0 Å². The minimum atomic E-state index is -0.638. The van der Waals surface area contributed by atoms with Crippen LogP contribution in [0.4, 0.5) is 5.69 Å². The molecule has 0 aliphatic carbocycles. The maximum absolute atomic E-state index is 13.0. The lowest BCUT2D eigenvalue weighted by atomic mass is 9.98. The van der Waals surface area contributed by atoms with Crippen LogP contribution in [0.2, 0.25) is 0 Å². The van der Waals surface area contributed by atoms with Gasteiger partial charge in [-0.1, -0.05) is 25.5 Å². The monoisotopic (exact) mass is 394 g/mol. The molecule has 0 atom stereocenters. The number of nitrogens with one attached hydrogen (secondary N) is 2. The fourth-order valence-electron chi connectivity index (χ4n) is 3.32. The Bertz CT molecular complexity index is 1050. The van der Waals surface area contributed by atoms with Crippen LogP contribution < -0.4 is 21.0 Å². The van der Waals surface area contributed by atoms with Crippen LogP contribution in [0.15, 0.2) is 51.7 Å². The zero-order valence-electron chi connectivity index (χ0n) is 17.0. The smallest absolute Gasteiger partial charge is 0.349 e. The summed E-state index contributed by atoms with van der Waals surface area (Å²) in [5, 5.41) is 6.67. The maximum Gasteiger partial charge on any atom is 0.349 e. The number of benzene rings is 2. The van der Waals surface area contributed by atoms with E-state index in [4.69, 9.17) is 9.15 Å². The van der Waals surface area contributed by atoms with E-state index in [2.05, 4.69) is 17.6 Å². The highest BCUT2D eigenvalue weighted by atomic mass is 16.5. The van der Waals surface area contributed by atoms with Gasteiger partial charge < -0.3 is 19.8 Å². The Morgan fingerprint density at radius 2 is 1.90 bits per heavy atom. The predicted octanol–water partition coefficient (Wildman–Crippen LogP) is 4.12. The zero-order chi connectivity index (χ0) is 20.8. The Labute approximate surface area is 169 Å². The van der Waals surface area contributed by atoms with E-state index in [9.17, 15) is 9.59 Å². The van der Waals surface area contributed by atoms with Crippen LogP contribution >= 0.6 is 0 Å². The number of carbonyl (C=O) groups is 1. The number of ether oxygens (including phenoxy) is 1. The summed E-state index contributed by atoms with van der Waals surface area (Å²) in [6, 6.07) is 12.8. The molecule has 0 bridgehead atoms. The Balaban J connectivity index is 2.00. The van der Waals surface area contributed by atoms with Crippen LogP contribution in [0.1, 0.15) is 41.3 Å². The van der Waals surface area contributed by atoms with Crippen LogP contribution in [0.25, 0.3) is 11.0 Å². The number of carbonyl (C=O) groups excluding carboxylic acids is 1. The topological polar surface area (TPSA) is 80.6 Å². The largest absolute Gasteiger partial charge is 0.497 e. The van der Waals surface area contributed by atoms with E-state index < -0.39 is 11.5 Å². The molecule has 6 heteroatoms. The molecule has 0 spiro atoms. The summed E-state index contributed by atoms with van der Waals surface area (Å²) in [5.74, 6) is 0.143. The fraction of sp³-hybridized carbons (Fsp3) is 0.304. The highest BCUT2D eigenvalue weighted by molar-refractivity contribution is 6.07. The highest BCUT2D eigenvalue weighted by Crippen LogP contribution is 2.26. The van der Waals surface area contributed by atoms with Gasteiger partial charge in [-0.05, 0) is 55.3 Å². The van der Waals surface area contributed by atoms with Gasteiger partial charge in [-0.15, -0.1) is 0 Å². The Morgan fingerprint density at radius 1 is 1.14 bits per heavy atom. The second kappa shape index (κ2) is 9.39. The summed E-state index contributed by atoms with van der Waals surface area (Å²) in [5.41, 5.74) is 2.30. The first kappa shape index (κ1) is 20.6. The summed E-state index contributed by atoms with van der Waals surface area (Å²) in [6.07, 6.45) is 2.43. The van der Waals surface area contributed by atoms with Gasteiger partial charge in [0.15, 0.2) is 0 Å². The summed E-state index contributed by atoms with van der Waals surface area (Å²) in [6.45, 7) is 2.82. The molecule has 1 heterocycles. The van der Waals surface area contributed by atoms with E-state index in [1.165, 1.54) is 0 Å². The van der Waals surface area contributed by atoms with Crippen LogP contribution in [0.3, 0.4) is 0 Å². The molecule has 1 aromatic heterocycles. The van der Waals surface area contributed by atoms with Crippen molar-refractivity contribution in [3.05, 3.63) is 69.6 Å². The number of rotatable bonds is 8. The lowest BCUT2D eigenvalue weighted by Crippen LogP contribution is -2.23. The molecule has 2 aromatic carbocycles. The number of unbranched alkanes of at least 4 members (excludes halogenated alkanes) is 1. The quantitative estimate of drug-likeness (QED) is 0.562. The minimum Gasteiger partial charge on any atom is -0.497 e. The molecule has 0 unspecified atom stereocenters. The summed E-state index contributed by atoms with van der Waals surface area (Å²) in [4.78, 5) is 25.7. The van der Waals surface area contributed by atoms with Crippen molar-refractivity contribution in [2.24, 2.45) is 0 Å². The van der Waals surface area contributed by atoms with Crippen molar-refractivity contribution < 1.29 is 13.9 Å². The zero-order valence-corrected chi connectivity index (χ0v) is 17.0. The van der Waals surface area contributed by atoms with E-state index in [1.54, 1.807) is 19.2 Å². The predicted molar refractivity (Wildman–Crippen MR) is 115 cm³/mol. The van der Waals surface area contributed by atoms with E-state index in [1.807, 2.05) is 37.4 Å². The van der Waals surface area contributed by atoms with Gasteiger partial charge in [-0.2, -0.15) is 0 Å². The molecular weight excluding hydrogens is 368 g/mol. The van der Waals surface area contributed by atoms with Crippen molar-refractivity contribution >= 4 is 22.6 Å². The molecule has 29 heavy (non-hydrogen) atoms. The van der Waals surface area contributed by atoms with Gasteiger partial charge in [0, 0.05) is 23.7 Å². The molecule has 3 aromatic rings. The first-order valence-electron chi connectivity index (χ1n) is 9.76. The number of hydrogen-bond donors (Lipinski definition) is 2. The number of fused-ring (bicyclic) bond motifs is 1. The Hall–Kier alpha value is -3.12. The maximum atomic E-state index is 13.0. The van der Waals surface area contributed by atoms with Crippen molar-refractivity contribution in [2.45, 2.75) is 32.7 Å². The molecule has 0 aliphatic heterocycles. The Kier molecular flexibility index (Phi) is 6.67. The number of anilines is 1. The standard InChI is InChI=1S/C23H26N2O4/c1-4-5-6-19-18-12-11-17(28-3)13-20(18)29-23(27)21(19)22(26)25-16-9-7-15(8-10-16)14-24-2/h7-13,24H,4-6,14H2,1-3H3,(H,25,26). The average molecular weight is 394 g/mol. The lowest BCUT2D eigenvalue weighted by molar-refractivity contribution is 0.102. The van der Waals surface area contributed by atoms with Gasteiger partial charge in [0.2, 0.25) is 0 Å². The van der Waals surface area contributed by atoms with Crippen LogP contribution in [0.5, 0.6) is 5.75 Å². The van der Waals surface area contributed by atoms with Gasteiger partial charge in [-0.25, -0.2) is 4.79 Å². The third-order valence-electron chi connectivity index (χ3n) is 4.82. The number of hydrogen-bond acceptors (Lipinski definition) is 5. The van der Waals surface area contributed by atoms with E-state index in [0.29, 0.717) is 29.0 Å². The van der Waals surface area contributed by atoms with Crippen LogP contribution in [0, 0.1) is 0 Å². The summed E-state index contributed by atoms with van der Waals surface area (Å²) < 4.78 is 10.7. The first-order chi connectivity index (χ1) is 14.1. The van der Waals surface area contributed by atoms with E-state index in [0.717, 1.165) is 30.3 Å². The number of aryl methyl sites for hydroxylation is 1. The van der Waals surface area contributed by atoms with Gasteiger partial charge in [0.25, 0.3) is 5.91 Å². The molecule has 0 saturated heterocycles. The first-order valence-corrected chi connectivity index (χ1v) is 9.76. The normalized spacial score (nSPS) is 10.9. The Morgan fingerprint density at radius 3 is 2.55 bits per heavy atom. The van der Waals surface area contributed by atoms with Gasteiger partial charge >= 0.3 is 5.63 Å². The van der Waals surface area contributed by atoms with Crippen molar-refractivity contribution in [3.8, 4) is 5.75 Å². The molecular formula is C23H26N2O4. The van der Waals surface area contributed by atoms with Crippen molar-refractivity contribution in [1.29, 1.82) is 0 Å². The summed E-state index contributed by atoms with van der Waals surface area (Å²) >= 11 is 0. The van der Waals surface area contributed by atoms with Gasteiger partial charge in [-0.3, -0.25) is 4.79 Å². The molecule has 6 nitrogen and oxygen atoms in total. The number of amides is 1. The van der Waals surface area contributed by atoms with Crippen molar-refractivity contribution in [1.82, 2.24) is 5.32 Å². The van der Waals surface area contributed by atoms with Gasteiger partial charge in [0.05, 0.1) is 7.11 Å². The van der Waals surface area contributed by atoms with Crippen molar-refractivity contribution in [3.63, 3.8) is 0 Å². The second-order valence-corrected chi connectivity index (χ2v) is 6.89. The average Bonchev–Trinajstić information content (AvgIpc) is 2.72. The molecule has 2 N–H and O–H groups in total. The molecule has 3 rings (SSSR count). The molecule has 0 aliphatic rings. The van der Waals surface area contributed by atoms with Gasteiger partial charge in [0.1, 0.15) is 16.9 Å². The molecule has 0 fully saturated rings. The third-order valence-corrected chi connectivity index (χ3v) is 4.82. The molecule has 152 valence electrons. The second-order valence-electron chi connectivity index (χ2n) is 6.89. The number of methoxy groups -OCH3 is 1. The molecule has 0 radical (unpaired) electrons. The van der Waals surface area contributed by atoms with E-state index in [-0.39, 0.29) is 5.56 Å². The summed E-state index contributed by atoms with van der Waals surface area (Å²) in [7, 11) is 3.43.